The maximum atomic E-state index is 12.0. The van der Waals surface area contributed by atoms with E-state index in [2.05, 4.69) is 35.2 Å². The van der Waals surface area contributed by atoms with Gasteiger partial charge in [0.25, 0.3) is 0 Å². The standard InChI is InChI=1S/C15H14ClINO2.Y/c1-3-8-20-10-4-5-11(12(16)9-10)14-7-6-13(17)15(19)18(14)2;/h3-5,9,13H,1,6,8H2,2H3;/q-1;. The molecular weight excluding hydrogens is 477 g/mol. The minimum atomic E-state index is -0.0599. The Kier molecular flexibility index (Phi) is 7.89. The molecule has 6 heteroatoms. The summed E-state index contributed by atoms with van der Waals surface area (Å²) in [4.78, 5) is 13.6. The van der Waals surface area contributed by atoms with Crippen molar-refractivity contribution in [2.24, 2.45) is 0 Å². The summed E-state index contributed by atoms with van der Waals surface area (Å²) in [6.45, 7) is 4.03. The smallest absolute Gasteiger partial charge is 0.235 e. The molecule has 0 saturated heterocycles. The van der Waals surface area contributed by atoms with Crippen molar-refractivity contribution in [1.82, 2.24) is 4.90 Å². The molecule has 1 aliphatic rings. The second-order valence-corrected chi connectivity index (χ2v) is 6.25. The van der Waals surface area contributed by atoms with Crippen LogP contribution in [0.4, 0.5) is 0 Å². The molecular formula is C15H14ClINO2Y-. The number of hydrogen-bond acceptors (Lipinski definition) is 2. The number of halogens is 2. The predicted molar refractivity (Wildman–Crippen MR) is 89.0 cm³/mol. The number of carbonyl (C=O) groups is 1. The van der Waals surface area contributed by atoms with E-state index in [1.54, 1.807) is 24.1 Å². The second kappa shape index (κ2) is 8.65. The van der Waals surface area contributed by atoms with Gasteiger partial charge in [-0.2, -0.15) is 0 Å². The normalized spacial score (nSPS) is 17.9. The van der Waals surface area contributed by atoms with Gasteiger partial charge in [-0.3, -0.25) is 4.79 Å². The van der Waals surface area contributed by atoms with Crippen molar-refractivity contribution in [2.75, 3.05) is 13.7 Å². The number of ether oxygens (including phenoxy) is 1. The second-order valence-electron chi connectivity index (χ2n) is 4.34. The maximum absolute atomic E-state index is 12.0. The fraction of sp³-hybridized carbons (Fsp3) is 0.267. The average Bonchev–Trinajstić information content (AvgIpc) is 2.44. The monoisotopic (exact) mass is 491 g/mol. The summed E-state index contributed by atoms with van der Waals surface area (Å²) in [6.07, 6.45) is 5.52. The molecule has 109 valence electrons. The summed E-state index contributed by atoms with van der Waals surface area (Å²) in [7, 11) is 1.74. The number of benzene rings is 1. The topological polar surface area (TPSA) is 29.5 Å². The average molecular weight is 492 g/mol. The van der Waals surface area contributed by atoms with Crippen LogP contribution in [0.25, 0.3) is 5.70 Å². The zero-order valence-electron chi connectivity index (χ0n) is 11.6. The first kappa shape index (κ1) is 19.1. The van der Waals surface area contributed by atoms with Crippen molar-refractivity contribution in [3.63, 3.8) is 0 Å². The fourth-order valence-electron chi connectivity index (χ4n) is 1.92. The van der Waals surface area contributed by atoms with E-state index < -0.39 is 0 Å². The molecule has 1 aromatic carbocycles. The third-order valence-electron chi connectivity index (χ3n) is 2.95. The van der Waals surface area contributed by atoms with Gasteiger partial charge in [0, 0.05) is 39.8 Å². The number of carbonyl (C=O) groups excluding carboxylic acids is 1. The van der Waals surface area contributed by atoms with Gasteiger partial charge in [-0.15, -0.1) is 28.9 Å². The van der Waals surface area contributed by atoms with Crippen molar-refractivity contribution in [2.45, 2.75) is 10.3 Å². The van der Waals surface area contributed by atoms with Gasteiger partial charge in [0.1, 0.15) is 12.4 Å². The molecule has 0 N–H and O–H groups in total. The molecule has 2 rings (SSSR count). The third-order valence-corrected chi connectivity index (χ3v) is 4.23. The zero-order chi connectivity index (χ0) is 14.7. The molecule has 0 aliphatic carbocycles. The molecule has 21 heavy (non-hydrogen) atoms. The van der Waals surface area contributed by atoms with Crippen molar-refractivity contribution >= 4 is 45.8 Å². The largest absolute Gasteiger partial charge is 0.490 e. The van der Waals surface area contributed by atoms with Crippen LogP contribution in [0, 0.1) is 6.08 Å². The summed E-state index contributed by atoms with van der Waals surface area (Å²) < 4.78 is 5.37. The van der Waals surface area contributed by atoms with Gasteiger partial charge in [-0.1, -0.05) is 41.7 Å². The van der Waals surface area contributed by atoms with Gasteiger partial charge in [0.05, 0.1) is 3.92 Å². The number of nitrogens with zero attached hydrogens (tertiary/aromatic N) is 1. The Morgan fingerprint density at radius 3 is 2.95 bits per heavy atom. The summed E-state index contributed by atoms with van der Waals surface area (Å²) >= 11 is 8.41. The number of allylic oxidation sites excluding steroid dienone is 1. The van der Waals surface area contributed by atoms with Crippen LogP contribution < -0.4 is 4.74 Å². The number of amides is 1. The van der Waals surface area contributed by atoms with E-state index >= 15 is 0 Å². The Morgan fingerprint density at radius 1 is 1.62 bits per heavy atom. The molecule has 1 heterocycles. The Bertz CT molecular complexity index is 577. The van der Waals surface area contributed by atoms with Crippen molar-refractivity contribution in [3.05, 3.63) is 47.5 Å². The van der Waals surface area contributed by atoms with Crippen molar-refractivity contribution in [3.8, 4) is 5.75 Å². The van der Waals surface area contributed by atoms with Gasteiger partial charge in [0.2, 0.25) is 5.91 Å². The molecule has 0 saturated carbocycles. The molecule has 1 aliphatic heterocycles. The first-order valence-electron chi connectivity index (χ1n) is 6.10. The number of rotatable bonds is 4. The molecule has 1 radical (unpaired) electrons. The quantitative estimate of drug-likeness (QED) is 0.278. The first-order chi connectivity index (χ1) is 9.54. The van der Waals surface area contributed by atoms with E-state index in [1.165, 1.54) is 0 Å². The number of hydrogen-bond donors (Lipinski definition) is 0. The zero-order valence-corrected chi connectivity index (χ0v) is 17.4. The molecule has 0 spiro atoms. The Labute approximate surface area is 168 Å². The van der Waals surface area contributed by atoms with E-state index in [-0.39, 0.29) is 42.5 Å². The van der Waals surface area contributed by atoms with Crippen LogP contribution in [0.15, 0.2) is 30.9 Å². The van der Waals surface area contributed by atoms with Gasteiger partial charge < -0.3 is 9.64 Å². The first-order valence-corrected chi connectivity index (χ1v) is 7.73. The van der Waals surface area contributed by atoms with Crippen molar-refractivity contribution < 1.29 is 42.2 Å². The van der Waals surface area contributed by atoms with E-state index in [0.29, 0.717) is 23.8 Å². The Morgan fingerprint density at radius 2 is 2.33 bits per heavy atom. The van der Waals surface area contributed by atoms with E-state index in [1.807, 2.05) is 12.1 Å². The maximum Gasteiger partial charge on any atom is 0.235 e. The van der Waals surface area contributed by atoms with Crippen molar-refractivity contribution in [1.29, 1.82) is 0 Å². The molecule has 0 fully saturated rings. The Hall–Kier alpha value is 0.0939. The van der Waals surface area contributed by atoms with E-state index in [4.69, 9.17) is 16.3 Å². The summed E-state index contributed by atoms with van der Waals surface area (Å²) in [5.41, 5.74) is 1.51. The predicted octanol–water partition coefficient (Wildman–Crippen LogP) is 3.71. The van der Waals surface area contributed by atoms with Crippen LogP contribution >= 0.6 is 34.2 Å². The molecule has 1 amide bonds. The minimum Gasteiger partial charge on any atom is -0.490 e. The molecule has 0 bridgehead atoms. The fourth-order valence-corrected chi connectivity index (χ4v) is 2.82. The molecule has 3 nitrogen and oxygen atoms in total. The summed E-state index contributed by atoms with van der Waals surface area (Å²) in [6, 6.07) is 5.41. The van der Waals surface area contributed by atoms with Crippen LogP contribution in [-0.2, 0) is 37.5 Å². The SMILES string of the molecule is C=CCOc1ccc(C2=[C-]CC(I)C(=O)N2C)c(Cl)c1.[Y]. The van der Waals surface area contributed by atoms with Gasteiger partial charge in [-0.05, 0) is 17.2 Å². The van der Waals surface area contributed by atoms with Gasteiger partial charge in [0.15, 0.2) is 0 Å². The molecule has 0 aromatic heterocycles. The minimum absolute atomic E-state index is 0. The van der Waals surface area contributed by atoms with Gasteiger partial charge in [-0.25, -0.2) is 6.08 Å². The third kappa shape index (κ3) is 4.53. The Balaban J connectivity index is 0.00000220. The van der Waals surface area contributed by atoms with Gasteiger partial charge >= 0.3 is 0 Å². The van der Waals surface area contributed by atoms with Crippen LogP contribution in [-0.4, -0.2) is 28.4 Å². The van der Waals surface area contributed by atoms with E-state index in [0.717, 1.165) is 11.3 Å². The van der Waals surface area contributed by atoms with Crippen LogP contribution in [0.5, 0.6) is 5.75 Å². The van der Waals surface area contributed by atoms with E-state index in [9.17, 15) is 4.79 Å². The van der Waals surface area contributed by atoms with Crippen LogP contribution in [0.3, 0.4) is 0 Å². The summed E-state index contributed by atoms with van der Waals surface area (Å²) in [5.74, 6) is 0.748. The molecule has 1 aromatic rings. The van der Waals surface area contributed by atoms with Crippen LogP contribution in [0.2, 0.25) is 5.02 Å². The number of alkyl halides is 1. The molecule has 1 atom stereocenters. The summed E-state index contributed by atoms with van der Waals surface area (Å²) in [5, 5.41) is 0.542. The van der Waals surface area contributed by atoms with Crippen LogP contribution in [0.1, 0.15) is 12.0 Å². The molecule has 1 unspecified atom stereocenters.